The fourth-order valence-electron chi connectivity index (χ4n) is 5.64. The first kappa shape index (κ1) is 24.3. The standard InChI is InChI=1S/C27H35NO6/c1-6-33-26(30)20-16-28-21(15-22(20)29)19-14-23(32-5)24(34-12-8-11-31-4)13-18(19)17-9-7-10-27(2,3)25(17)28/h13-17,25H,6-12H2,1-5H3. The molecule has 7 nitrogen and oxygen atoms in total. The van der Waals surface area contributed by atoms with E-state index in [0.29, 0.717) is 24.7 Å². The lowest BCUT2D eigenvalue weighted by Crippen LogP contribution is -2.40. The maximum atomic E-state index is 13.0. The molecular weight excluding hydrogens is 434 g/mol. The van der Waals surface area contributed by atoms with Crippen molar-refractivity contribution in [2.24, 2.45) is 5.41 Å². The molecule has 7 heteroatoms. The Bertz CT molecular complexity index is 1120. The van der Waals surface area contributed by atoms with Crippen LogP contribution in [0.5, 0.6) is 11.5 Å². The molecule has 1 aromatic carbocycles. The minimum atomic E-state index is -0.573. The van der Waals surface area contributed by atoms with Crippen molar-refractivity contribution in [1.29, 1.82) is 0 Å². The molecule has 0 bridgehead atoms. The van der Waals surface area contributed by atoms with Crippen molar-refractivity contribution in [2.45, 2.75) is 58.4 Å². The van der Waals surface area contributed by atoms with Crippen LogP contribution in [0.3, 0.4) is 0 Å². The van der Waals surface area contributed by atoms with Crippen LogP contribution in [0.1, 0.15) is 74.3 Å². The second-order valence-corrected chi connectivity index (χ2v) is 9.78. The van der Waals surface area contributed by atoms with Gasteiger partial charge in [-0.15, -0.1) is 0 Å². The summed E-state index contributed by atoms with van der Waals surface area (Å²) < 4.78 is 24.2. The summed E-state index contributed by atoms with van der Waals surface area (Å²) >= 11 is 0. The van der Waals surface area contributed by atoms with E-state index in [2.05, 4.69) is 24.5 Å². The van der Waals surface area contributed by atoms with Gasteiger partial charge in [0.1, 0.15) is 5.56 Å². The molecule has 2 atom stereocenters. The smallest absolute Gasteiger partial charge is 0.343 e. The first-order valence-corrected chi connectivity index (χ1v) is 12.1. The van der Waals surface area contributed by atoms with E-state index in [4.69, 9.17) is 18.9 Å². The van der Waals surface area contributed by atoms with Gasteiger partial charge in [0.15, 0.2) is 16.9 Å². The molecule has 1 saturated carbocycles. The number of hydrogen-bond donors (Lipinski definition) is 0. The predicted octanol–water partition coefficient (Wildman–Crippen LogP) is 4.96. The quantitative estimate of drug-likeness (QED) is 0.402. The van der Waals surface area contributed by atoms with Crippen molar-refractivity contribution in [1.82, 2.24) is 4.57 Å². The fourth-order valence-corrected chi connectivity index (χ4v) is 5.64. The van der Waals surface area contributed by atoms with Crippen LogP contribution in [-0.4, -0.2) is 44.6 Å². The van der Waals surface area contributed by atoms with E-state index in [1.165, 1.54) is 5.56 Å². The number of carbonyl (C=O) groups is 1. The number of pyridine rings is 1. The summed E-state index contributed by atoms with van der Waals surface area (Å²) in [4.78, 5) is 25.5. The molecule has 0 N–H and O–H groups in total. The van der Waals surface area contributed by atoms with Crippen molar-refractivity contribution in [3.05, 3.63) is 45.7 Å². The molecule has 1 aliphatic carbocycles. The van der Waals surface area contributed by atoms with Crippen LogP contribution in [-0.2, 0) is 9.47 Å². The Hall–Kier alpha value is -2.80. The van der Waals surface area contributed by atoms with Gasteiger partial charge in [0, 0.05) is 49.9 Å². The molecule has 1 aromatic heterocycles. The molecular formula is C27H35NO6. The number of ether oxygens (including phenoxy) is 4. The van der Waals surface area contributed by atoms with Gasteiger partial charge in [-0.3, -0.25) is 4.79 Å². The van der Waals surface area contributed by atoms with Gasteiger partial charge in [0.25, 0.3) is 0 Å². The highest BCUT2D eigenvalue weighted by Gasteiger charge is 2.45. The number of aromatic nitrogens is 1. The number of nitrogens with zero attached hydrogens (tertiary/aromatic N) is 1. The number of esters is 1. The van der Waals surface area contributed by atoms with E-state index in [1.807, 2.05) is 6.07 Å². The van der Waals surface area contributed by atoms with Crippen LogP contribution in [0, 0.1) is 5.41 Å². The summed E-state index contributed by atoms with van der Waals surface area (Å²) in [5.74, 6) is 0.990. The van der Waals surface area contributed by atoms with E-state index in [-0.39, 0.29) is 35.0 Å². The molecule has 4 rings (SSSR count). The highest BCUT2D eigenvalue weighted by molar-refractivity contribution is 5.89. The fraction of sp³-hybridized carbons (Fsp3) is 0.556. The molecule has 2 aliphatic rings. The predicted molar refractivity (Wildman–Crippen MR) is 130 cm³/mol. The van der Waals surface area contributed by atoms with E-state index >= 15 is 0 Å². The number of carbonyl (C=O) groups excluding carboxylic acids is 1. The van der Waals surface area contributed by atoms with Crippen molar-refractivity contribution in [3.63, 3.8) is 0 Å². The van der Waals surface area contributed by atoms with Crippen molar-refractivity contribution in [2.75, 3.05) is 34.0 Å². The monoisotopic (exact) mass is 469 g/mol. The second-order valence-electron chi connectivity index (χ2n) is 9.78. The van der Waals surface area contributed by atoms with Gasteiger partial charge in [-0.2, -0.15) is 0 Å². The first-order chi connectivity index (χ1) is 16.3. The lowest BCUT2D eigenvalue weighted by atomic mass is 9.63. The van der Waals surface area contributed by atoms with Gasteiger partial charge in [-0.05, 0) is 42.9 Å². The topological polar surface area (TPSA) is 76.0 Å². The van der Waals surface area contributed by atoms with Crippen molar-refractivity contribution in [3.8, 4) is 22.8 Å². The summed E-state index contributed by atoms with van der Waals surface area (Å²) in [5.41, 5.74) is 2.65. The van der Waals surface area contributed by atoms with Crippen LogP contribution in [0.4, 0.5) is 0 Å². The van der Waals surface area contributed by atoms with Gasteiger partial charge in [0.05, 0.1) is 26.0 Å². The summed E-state index contributed by atoms with van der Waals surface area (Å²) in [6.07, 6.45) is 5.71. The molecule has 34 heavy (non-hydrogen) atoms. The molecule has 0 saturated heterocycles. The molecule has 0 spiro atoms. The Balaban J connectivity index is 1.88. The molecule has 2 unspecified atom stereocenters. The minimum Gasteiger partial charge on any atom is -0.493 e. The number of benzene rings is 1. The molecule has 2 aromatic rings. The average Bonchev–Trinajstić information content (AvgIpc) is 2.81. The van der Waals surface area contributed by atoms with E-state index < -0.39 is 5.97 Å². The molecule has 0 amide bonds. The van der Waals surface area contributed by atoms with Crippen molar-refractivity contribution >= 4 is 5.97 Å². The maximum absolute atomic E-state index is 13.0. The lowest BCUT2D eigenvalue weighted by Gasteiger charge is -2.49. The van der Waals surface area contributed by atoms with Crippen LogP contribution in [0.15, 0.2) is 29.2 Å². The second kappa shape index (κ2) is 9.82. The van der Waals surface area contributed by atoms with E-state index in [1.54, 1.807) is 33.4 Å². The number of hydrogen-bond acceptors (Lipinski definition) is 6. The SMILES string of the molecule is CCOC(=O)c1cn2c(cc1=O)-c1cc(OC)c(OCCCOC)cc1C1CCCC(C)(C)C12. The maximum Gasteiger partial charge on any atom is 0.343 e. The lowest BCUT2D eigenvalue weighted by molar-refractivity contribution is 0.0521. The molecule has 184 valence electrons. The highest BCUT2D eigenvalue weighted by atomic mass is 16.5. The van der Waals surface area contributed by atoms with Crippen LogP contribution < -0.4 is 14.9 Å². The van der Waals surface area contributed by atoms with Crippen LogP contribution >= 0.6 is 0 Å². The zero-order valence-corrected chi connectivity index (χ0v) is 20.8. The Morgan fingerprint density at radius 1 is 1.15 bits per heavy atom. The highest BCUT2D eigenvalue weighted by Crippen LogP contribution is 2.57. The van der Waals surface area contributed by atoms with Crippen LogP contribution in [0.25, 0.3) is 11.3 Å². The Morgan fingerprint density at radius 2 is 1.94 bits per heavy atom. The molecule has 1 aliphatic heterocycles. The number of rotatable bonds is 8. The van der Waals surface area contributed by atoms with Gasteiger partial charge < -0.3 is 23.5 Å². The Morgan fingerprint density at radius 3 is 2.65 bits per heavy atom. The molecule has 0 radical (unpaired) electrons. The zero-order chi connectivity index (χ0) is 24.5. The van der Waals surface area contributed by atoms with Gasteiger partial charge in [-0.1, -0.05) is 20.3 Å². The molecule has 2 heterocycles. The Kier molecular flexibility index (Phi) is 7.03. The third-order valence-electron chi connectivity index (χ3n) is 7.15. The largest absolute Gasteiger partial charge is 0.493 e. The normalized spacial score (nSPS) is 20.0. The van der Waals surface area contributed by atoms with Gasteiger partial charge in [0.2, 0.25) is 0 Å². The summed E-state index contributed by atoms with van der Waals surface area (Å²) in [5, 5.41) is 0. The Labute approximate surface area is 201 Å². The zero-order valence-electron chi connectivity index (χ0n) is 20.8. The van der Waals surface area contributed by atoms with E-state index in [0.717, 1.165) is 36.9 Å². The van der Waals surface area contributed by atoms with Gasteiger partial charge >= 0.3 is 5.97 Å². The van der Waals surface area contributed by atoms with Crippen molar-refractivity contribution < 1.29 is 23.7 Å². The average molecular weight is 470 g/mol. The summed E-state index contributed by atoms with van der Waals surface area (Å²) in [7, 11) is 3.30. The number of methoxy groups -OCH3 is 2. The first-order valence-electron chi connectivity index (χ1n) is 12.1. The van der Waals surface area contributed by atoms with Gasteiger partial charge in [-0.25, -0.2) is 4.79 Å². The molecule has 1 fully saturated rings. The minimum absolute atomic E-state index is 0.0181. The number of fused-ring (bicyclic) bond motifs is 6. The van der Waals surface area contributed by atoms with E-state index in [9.17, 15) is 9.59 Å². The summed E-state index contributed by atoms with van der Waals surface area (Å²) in [6, 6.07) is 5.73. The third kappa shape index (κ3) is 4.33. The summed E-state index contributed by atoms with van der Waals surface area (Å²) in [6.45, 7) is 7.67. The third-order valence-corrected chi connectivity index (χ3v) is 7.15. The van der Waals surface area contributed by atoms with Crippen LogP contribution in [0.2, 0.25) is 0 Å².